The third-order valence-electron chi connectivity index (χ3n) is 5.36. The number of thiazole rings is 1. The van der Waals surface area contributed by atoms with E-state index in [1.807, 2.05) is 6.07 Å². The maximum Gasteiger partial charge on any atom is 0.349 e. The summed E-state index contributed by atoms with van der Waals surface area (Å²) in [6.45, 7) is 4.09. The molecule has 1 fully saturated rings. The van der Waals surface area contributed by atoms with Crippen LogP contribution in [0.25, 0.3) is 0 Å². The lowest BCUT2D eigenvalue weighted by Crippen LogP contribution is -2.32. The van der Waals surface area contributed by atoms with E-state index in [0.717, 1.165) is 43.8 Å². The fraction of sp³-hybridized carbons (Fsp3) is 0.550. The highest BCUT2D eigenvalue weighted by atomic mass is 32.1. The van der Waals surface area contributed by atoms with E-state index in [4.69, 9.17) is 4.42 Å². The van der Waals surface area contributed by atoms with Crippen molar-refractivity contribution in [3.8, 4) is 0 Å². The standard InChI is InChI=1S/C20H25N3O3S/c1-12-10-15(13-4-3-8-21-11-13)26-20(25)18(12)19(24)22-9-7-17-23-14-5-2-6-16(14)27-17/h10,13,21H,2-9,11H2,1H3,(H,22,24). The van der Waals surface area contributed by atoms with Gasteiger partial charge in [0, 0.05) is 30.3 Å². The zero-order valence-electron chi connectivity index (χ0n) is 15.6. The third-order valence-corrected chi connectivity index (χ3v) is 6.58. The smallest absolute Gasteiger partial charge is 0.349 e. The van der Waals surface area contributed by atoms with Gasteiger partial charge in [0.05, 0.1) is 10.7 Å². The SMILES string of the molecule is Cc1cc(C2CCCNC2)oc(=O)c1C(=O)NCCc1nc2c(s1)CCC2. The summed E-state index contributed by atoms with van der Waals surface area (Å²) in [6, 6.07) is 1.85. The van der Waals surface area contributed by atoms with Crippen LogP contribution in [0.5, 0.6) is 0 Å². The summed E-state index contributed by atoms with van der Waals surface area (Å²) in [5.41, 5.74) is 1.48. The molecule has 0 spiro atoms. The molecule has 0 radical (unpaired) electrons. The second-order valence-corrected chi connectivity index (χ2v) is 8.54. The van der Waals surface area contributed by atoms with Crippen molar-refractivity contribution in [2.75, 3.05) is 19.6 Å². The number of rotatable bonds is 5. The zero-order chi connectivity index (χ0) is 18.8. The van der Waals surface area contributed by atoms with Gasteiger partial charge in [0.1, 0.15) is 11.3 Å². The molecule has 4 rings (SSSR count). The van der Waals surface area contributed by atoms with E-state index in [1.54, 1.807) is 18.3 Å². The second kappa shape index (κ2) is 7.94. The Labute approximate surface area is 162 Å². The van der Waals surface area contributed by atoms with Crippen molar-refractivity contribution in [3.63, 3.8) is 0 Å². The topological polar surface area (TPSA) is 84.2 Å². The lowest BCUT2D eigenvalue weighted by molar-refractivity contribution is 0.0949. The van der Waals surface area contributed by atoms with Gasteiger partial charge in [-0.25, -0.2) is 9.78 Å². The molecule has 1 amide bonds. The minimum Gasteiger partial charge on any atom is -0.427 e. The Morgan fingerprint density at radius 2 is 2.30 bits per heavy atom. The summed E-state index contributed by atoms with van der Waals surface area (Å²) in [4.78, 5) is 30.9. The maximum atomic E-state index is 12.5. The molecular weight excluding hydrogens is 362 g/mol. The molecule has 1 unspecified atom stereocenters. The predicted octanol–water partition coefficient (Wildman–Crippen LogP) is 2.33. The molecule has 144 valence electrons. The minimum atomic E-state index is -0.540. The second-order valence-electron chi connectivity index (χ2n) is 7.37. The molecule has 2 aliphatic rings. The van der Waals surface area contributed by atoms with E-state index in [1.165, 1.54) is 17.0 Å². The fourth-order valence-corrected chi connectivity index (χ4v) is 5.08. The van der Waals surface area contributed by atoms with Gasteiger partial charge >= 0.3 is 5.63 Å². The molecule has 6 nitrogen and oxygen atoms in total. The summed E-state index contributed by atoms with van der Waals surface area (Å²) in [7, 11) is 0. The van der Waals surface area contributed by atoms with Crippen LogP contribution in [-0.2, 0) is 19.3 Å². The van der Waals surface area contributed by atoms with Crippen molar-refractivity contribution in [2.24, 2.45) is 0 Å². The highest BCUT2D eigenvalue weighted by Crippen LogP contribution is 2.27. The summed E-state index contributed by atoms with van der Waals surface area (Å²) >= 11 is 1.74. The van der Waals surface area contributed by atoms with E-state index >= 15 is 0 Å². The van der Waals surface area contributed by atoms with E-state index in [9.17, 15) is 9.59 Å². The molecule has 2 aromatic heterocycles. The van der Waals surface area contributed by atoms with Crippen LogP contribution in [-0.4, -0.2) is 30.5 Å². The van der Waals surface area contributed by atoms with Gasteiger partial charge in [0.25, 0.3) is 5.91 Å². The molecule has 1 atom stereocenters. The first kappa shape index (κ1) is 18.4. The number of carbonyl (C=O) groups excluding carboxylic acids is 1. The fourth-order valence-electron chi connectivity index (χ4n) is 3.92. The number of hydrogen-bond acceptors (Lipinski definition) is 6. The number of hydrogen-bond donors (Lipinski definition) is 2. The van der Waals surface area contributed by atoms with E-state index in [2.05, 4.69) is 15.6 Å². The first-order valence-corrected chi connectivity index (χ1v) is 10.5. The van der Waals surface area contributed by atoms with Crippen molar-refractivity contribution < 1.29 is 9.21 Å². The van der Waals surface area contributed by atoms with Crippen LogP contribution in [0.15, 0.2) is 15.3 Å². The molecule has 1 aliphatic carbocycles. The average molecular weight is 388 g/mol. The quantitative estimate of drug-likeness (QED) is 0.823. The zero-order valence-corrected chi connectivity index (χ0v) is 16.4. The molecule has 27 heavy (non-hydrogen) atoms. The Kier molecular flexibility index (Phi) is 5.41. The molecule has 1 aliphatic heterocycles. The Morgan fingerprint density at radius 1 is 1.41 bits per heavy atom. The summed E-state index contributed by atoms with van der Waals surface area (Å²) < 4.78 is 5.49. The number of nitrogens with one attached hydrogen (secondary N) is 2. The summed E-state index contributed by atoms with van der Waals surface area (Å²) in [5.74, 6) is 0.520. The Balaban J connectivity index is 1.39. The molecule has 0 saturated carbocycles. The van der Waals surface area contributed by atoms with Crippen LogP contribution < -0.4 is 16.3 Å². The van der Waals surface area contributed by atoms with Crippen LogP contribution in [0.4, 0.5) is 0 Å². The highest BCUT2D eigenvalue weighted by molar-refractivity contribution is 7.11. The number of amides is 1. The molecule has 2 N–H and O–H groups in total. The van der Waals surface area contributed by atoms with Crippen molar-refractivity contribution >= 4 is 17.2 Å². The number of piperidine rings is 1. The van der Waals surface area contributed by atoms with E-state index < -0.39 is 5.63 Å². The van der Waals surface area contributed by atoms with Gasteiger partial charge in [0.2, 0.25) is 0 Å². The Hall–Kier alpha value is -1.99. The molecule has 1 saturated heterocycles. The van der Waals surface area contributed by atoms with Crippen molar-refractivity contribution in [2.45, 2.75) is 51.4 Å². The first-order chi connectivity index (χ1) is 13.1. The van der Waals surface area contributed by atoms with Gasteiger partial charge in [-0.2, -0.15) is 0 Å². The van der Waals surface area contributed by atoms with Gasteiger partial charge in [-0.1, -0.05) is 0 Å². The number of aromatic nitrogens is 1. The highest BCUT2D eigenvalue weighted by Gasteiger charge is 2.22. The lowest BCUT2D eigenvalue weighted by Gasteiger charge is -2.22. The van der Waals surface area contributed by atoms with Crippen LogP contribution >= 0.6 is 11.3 Å². The predicted molar refractivity (Wildman–Crippen MR) is 105 cm³/mol. The molecule has 0 aromatic carbocycles. The molecule has 0 bridgehead atoms. The molecule has 7 heteroatoms. The van der Waals surface area contributed by atoms with Crippen LogP contribution in [0.1, 0.15) is 62.4 Å². The van der Waals surface area contributed by atoms with E-state index in [0.29, 0.717) is 24.3 Å². The molecule has 3 heterocycles. The largest absolute Gasteiger partial charge is 0.427 e. The van der Waals surface area contributed by atoms with Crippen LogP contribution in [0.3, 0.4) is 0 Å². The van der Waals surface area contributed by atoms with Gasteiger partial charge in [-0.15, -0.1) is 11.3 Å². The summed E-state index contributed by atoms with van der Waals surface area (Å²) in [6.07, 6.45) is 6.16. The van der Waals surface area contributed by atoms with E-state index in [-0.39, 0.29) is 17.4 Å². The van der Waals surface area contributed by atoms with Crippen molar-refractivity contribution in [1.82, 2.24) is 15.6 Å². The van der Waals surface area contributed by atoms with Gasteiger partial charge in [-0.3, -0.25) is 4.79 Å². The molecule has 2 aromatic rings. The van der Waals surface area contributed by atoms with Gasteiger partial charge in [-0.05, 0) is 57.2 Å². The first-order valence-electron chi connectivity index (χ1n) is 9.73. The third kappa shape index (κ3) is 3.99. The number of aryl methyl sites for hydroxylation is 3. The van der Waals surface area contributed by atoms with Gasteiger partial charge in [0.15, 0.2) is 0 Å². The number of nitrogens with zero attached hydrogens (tertiary/aromatic N) is 1. The van der Waals surface area contributed by atoms with Crippen LogP contribution in [0.2, 0.25) is 0 Å². The minimum absolute atomic E-state index is 0.115. The number of carbonyl (C=O) groups is 1. The average Bonchev–Trinajstić information content (AvgIpc) is 3.23. The number of fused-ring (bicyclic) bond motifs is 1. The normalized spacial score (nSPS) is 19.1. The summed E-state index contributed by atoms with van der Waals surface area (Å²) in [5, 5.41) is 7.23. The van der Waals surface area contributed by atoms with Crippen molar-refractivity contribution in [3.05, 3.63) is 49.0 Å². The maximum absolute atomic E-state index is 12.5. The molecular formula is C20H25N3O3S. The Bertz CT molecular complexity index is 875. The Morgan fingerprint density at radius 3 is 3.04 bits per heavy atom. The van der Waals surface area contributed by atoms with Crippen LogP contribution in [0, 0.1) is 6.92 Å². The van der Waals surface area contributed by atoms with Crippen molar-refractivity contribution in [1.29, 1.82) is 0 Å². The van der Waals surface area contributed by atoms with Gasteiger partial charge < -0.3 is 15.1 Å². The monoisotopic (exact) mass is 387 g/mol. The lowest BCUT2D eigenvalue weighted by atomic mass is 9.95.